The Morgan fingerprint density at radius 3 is 2.47 bits per heavy atom. The fraction of sp³-hybridized carbons (Fsp3) is 0.833. The molecule has 0 N–H and O–H groups in total. The summed E-state index contributed by atoms with van der Waals surface area (Å²) in [5.41, 5.74) is 1.32. The lowest BCUT2D eigenvalue weighted by atomic mass is 9.76. The van der Waals surface area contributed by atoms with E-state index in [1.165, 1.54) is 37.6 Å². The van der Waals surface area contributed by atoms with Crippen LogP contribution in [0.4, 0.5) is 0 Å². The summed E-state index contributed by atoms with van der Waals surface area (Å²) in [5.74, 6) is 0. The van der Waals surface area contributed by atoms with Crippen molar-refractivity contribution >= 4 is 7.12 Å². The van der Waals surface area contributed by atoms with Crippen LogP contribution in [0.15, 0.2) is 11.5 Å². The van der Waals surface area contributed by atoms with E-state index in [4.69, 9.17) is 9.31 Å². The molecule has 0 aromatic carbocycles. The molecule has 0 bridgehead atoms. The van der Waals surface area contributed by atoms with Gasteiger partial charge < -0.3 is 9.31 Å². The molecule has 1 aliphatic rings. The second kappa shape index (κ2) is 7.94. The van der Waals surface area contributed by atoms with Crippen LogP contribution < -0.4 is 0 Å². The Balaban J connectivity index is 2.20. The molecule has 1 fully saturated rings. The van der Waals surface area contributed by atoms with Crippen molar-refractivity contribution in [2.24, 2.45) is 0 Å². The van der Waals surface area contributed by atoms with Crippen LogP contribution in [-0.4, -0.2) is 20.3 Å². The first-order valence-corrected chi connectivity index (χ1v) is 6.30. The van der Waals surface area contributed by atoms with Gasteiger partial charge in [0.2, 0.25) is 0 Å². The van der Waals surface area contributed by atoms with Gasteiger partial charge in [0, 0.05) is 0 Å². The van der Waals surface area contributed by atoms with E-state index in [2.05, 4.69) is 19.9 Å². The van der Waals surface area contributed by atoms with E-state index in [-0.39, 0.29) is 7.12 Å². The molecule has 15 heavy (non-hydrogen) atoms. The quantitative estimate of drug-likeness (QED) is 0.473. The minimum absolute atomic E-state index is 0.0406. The first kappa shape index (κ1) is 12.8. The molecule has 0 atom stereocenters. The molecule has 0 radical (unpaired) electrons. The molecule has 1 aliphatic heterocycles. The number of hydrogen-bond donors (Lipinski definition) is 0. The average molecular weight is 210 g/mol. The molecule has 0 saturated carbocycles. The van der Waals surface area contributed by atoms with Crippen LogP contribution >= 0.6 is 0 Å². The first-order valence-electron chi connectivity index (χ1n) is 6.30. The molecule has 0 spiro atoms. The zero-order valence-electron chi connectivity index (χ0n) is 10.1. The second-order valence-corrected chi connectivity index (χ2v) is 4.06. The zero-order chi connectivity index (χ0) is 10.9. The SMILES string of the molecule is CCCCCCC=C(CC)B1OCCO1. The molecule has 0 unspecified atom stereocenters. The minimum Gasteiger partial charge on any atom is -0.405 e. The maximum absolute atomic E-state index is 5.49. The van der Waals surface area contributed by atoms with Crippen molar-refractivity contribution in [3.05, 3.63) is 11.5 Å². The Morgan fingerprint density at radius 2 is 1.87 bits per heavy atom. The monoisotopic (exact) mass is 210 g/mol. The molecule has 0 aromatic rings. The van der Waals surface area contributed by atoms with Crippen molar-refractivity contribution in [2.45, 2.75) is 52.4 Å². The summed E-state index contributed by atoms with van der Waals surface area (Å²) in [4.78, 5) is 0. The third kappa shape index (κ3) is 4.85. The van der Waals surface area contributed by atoms with E-state index in [0.29, 0.717) is 0 Å². The third-order valence-electron chi connectivity index (χ3n) is 2.80. The van der Waals surface area contributed by atoms with E-state index in [1.54, 1.807) is 0 Å². The van der Waals surface area contributed by atoms with Crippen molar-refractivity contribution in [1.29, 1.82) is 0 Å². The maximum Gasteiger partial charge on any atom is 0.489 e. The molecule has 0 aliphatic carbocycles. The molecule has 2 nitrogen and oxygen atoms in total. The molecular formula is C12H23BO2. The van der Waals surface area contributed by atoms with Gasteiger partial charge in [-0.15, -0.1) is 0 Å². The summed E-state index contributed by atoms with van der Waals surface area (Å²) >= 11 is 0. The summed E-state index contributed by atoms with van der Waals surface area (Å²) in [7, 11) is -0.0406. The van der Waals surface area contributed by atoms with E-state index in [1.807, 2.05) is 0 Å². The van der Waals surface area contributed by atoms with Crippen molar-refractivity contribution < 1.29 is 9.31 Å². The topological polar surface area (TPSA) is 18.5 Å². The second-order valence-electron chi connectivity index (χ2n) is 4.06. The fourth-order valence-corrected chi connectivity index (χ4v) is 1.84. The number of allylic oxidation sites excluding steroid dienone is 2. The minimum atomic E-state index is -0.0406. The summed E-state index contributed by atoms with van der Waals surface area (Å²) in [6.07, 6.45) is 9.82. The maximum atomic E-state index is 5.49. The van der Waals surface area contributed by atoms with Gasteiger partial charge in [0.1, 0.15) is 0 Å². The number of rotatable bonds is 7. The highest BCUT2D eigenvalue weighted by atomic mass is 16.6. The number of unbranched alkanes of at least 4 members (excludes halogenated alkanes) is 4. The molecule has 1 rings (SSSR count). The fourth-order valence-electron chi connectivity index (χ4n) is 1.84. The van der Waals surface area contributed by atoms with E-state index in [0.717, 1.165) is 19.6 Å². The van der Waals surface area contributed by atoms with Gasteiger partial charge in [0.05, 0.1) is 13.2 Å². The Kier molecular flexibility index (Phi) is 6.78. The van der Waals surface area contributed by atoms with Crippen molar-refractivity contribution in [1.82, 2.24) is 0 Å². The lowest BCUT2D eigenvalue weighted by Gasteiger charge is -2.07. The Hall–Kier alpha value is -0.275. The molecular weight excluding hydrogens is 187 g/mol. The molecule has 1 saturated heterocycles. The van der Waals surface area contributed by atoms with Gasteiger partial charge in [-0.25, -0.2) is 0 Å². The number of hydrogen-bond acceptors (Lipinski definition) is 2. The summed E-state index contributed by atoms with van der Waals surface area (Å²) in [5, 5.41) is 0. The summed E-state index contributed by atoms with van der Waals surface area (Å²) in [6, 6.07) is 0. The van der Waals surface area contributed by atoms with Crippen LogP contribution in [0, 0.1) is 0 Å². The van der Waals surface area contributed by atoms with Gasteiger partial charge in [-0.2, -0.15) is 0 Å². The molecule has 3 heteroatoms. The standard InChI is InChI=1S/C12H23BO2/c1-3-5-6-7-8-9-12(4-2)13-14-10-11-15-13/h9H,3-8,10-11H2,1-2H3. The van der Waals surface area contributed by atoms with Crippen molar-refractivity contribution in [3.63, 3.8) is 0 Å². The largest absolute Gasteiger partial charge is 0.489 e. The lowest BCUT2D eigenvalue weighted by Crippen LogP contribution is -2.17. The Labute approximate surface area is 94.2 Å². The molecule has 86 valence electrons. The highest BCUT2D eigenvalue weighted by Crippen LogP contribution is 2.15. The summed E-state index contributed by atoms with van der Waals surface area (Å²) in [6.45, 7) is 5.91. The van der Waals surface area contributed by atoms with Crippen molar-refractivity contribution in [3.8, 4) is 0 Å². The van der Waals surface area contributed by atoms with Crippen LogP contribution in [0.1, 0.15) is 52.4 Å². The van der Waals surface area contributed by atoms with E-state index < -0.39 is 0 Å². The molecule has 0 amide bonds. The van der Waals surface area contributed by atoms with Gasteiger partial charge in [0.15, 0.2) is 0 Å². The first-order chi connectivity index (χ1) is 7.38. The summed E-state index contributed by atoms with van der Waals surface area (Å²) < 4.78 is 11.0. The van der Waals surface area contributed by atoms with Gasteiger partial charge in [-0.1, -0.05) is 39.2 Å². The highest BCUT2D eigenvalue weighted by molar-refractivity contribution is 6.54. The molecule has 0 aromatic heterocycles. The van der Waals surface area contributed by atoms with E-state index >= 15 is 0 Å². The Morgan fingerprint density at radius 1 is 1.13 bits per heavy atom. The Bertz CT molecular complexity index is 186. The van der Waals surface area contributed by atoms with Gasteiger partial charge in [0.25, 0.3) is 0 Å². The molecule has 1 heterocycles. The van der Waals surface area contributed by atoms with E-state index in [9.17, 15) is 0 Å². The van der Waals surface area contributed by atoms with Crippen LogP contribution in [0.25, 0.3) is 0 Å². The highest BCUT2D eigenvalue weighted by Gasteiger charge is 2.26. The third-order valence-corrected chi connectivity index (χ3v) is 2.80. The predicted octanol–water partition coefficient (Wildman–Crippen LogP) is 3.37. The lowest BCUT2D eigenvalue weighted by molar-refractivity contribution is 0.365. The van der Waals surface area contributed by atoms with Crippen LogP contribution in [0.3, 0.4) is 0 Å². The smallest absolute Gasteiger partial charge is 0.405 e. The van der Waals surface area contributed by atoms with Gasteiger partial charge >= 0.3 is 7.12 Å². The normalized spacial score (nSPS) is 17.5. The average Bonchev–Trinajstić information content (AvgIpc) is 2.77. The van der Waals surface area contributed by atoms with Gasteiger partial charge in [-0.3, -0.25) is 0 Å². The van der Waals surface area contributed by atoms with Gasteiger partial charge in [-0.05, 0) is 24.7 Å². The van der Waals surface area contributed by atoms with Crippen LogP contribution in [-0.2, 0) is 9.31 Å². The van der Waals surface area contributed by atoms with Crippen LogP contribution in [0.2, 0.25) is 0 Å². The van der Waals surface area contributed by atoms with Crippen LogP contribution in [0.5, 0.6) is 0 Å². The predicted molar refractivity (Wildman–Crippen MR) is 64.8 cm³/mol. The zero-order valence-corrected chi connectivity index (χ0v) is 10.1. The van der Waals surface area contributed by atoms with Crippen molar-refractivity contribution in [2.75, 3.05) is 13.2 Å².